The van der Waals surface area contributed by atoms with Crippen molar-refractivity contribution < 1.29 is 13.2 Å². The zero-order valence-corrected chi connectivity index (χ0v) is 20.0. The molecule has 0 bridgehead atoms. The monoisotopic (exact) mass is 472 g/mol. The van der Waals surface area contributed by atoms with Crippen LogP contribution < -0.4 is 0 Å². The molecule has 0 saturated heterocycles. The summed E-state index contributed by atoms with van der Waals surface area (Å²) in [5, 5.41) is 0.713. The molecule has 0 aromatic heterocycles. The Labute approximate surface area is 200 Å². The van der Waals surface area contributed by atoms with E-state index >= 15 is 4.39 Å². The van der Waals surface area contributed by atoms with E-state index in [0.29, 0.717) is 11.3 Å². The van der Waals surface area contributed by atoms with Crippen LogP contribution in [0.4, 0.5) is 13.2 Å². The molecule has 33 heavy (non-hydrogen) atoms. The van der Waals surface area contributed by atoms with Gasteiger partial charge in [0.05, 0.1) is 0 Å². The van der Waals surface area contributed by atoms with E-state index in [2.05, 4.69) is 13.0 Å². The summed E-state index contributed by atoms with van der Waals surface area (Å²) in [5.41, 5.74) is 1.58. The third-order valence-corrected chi connectivity index (χ3v) is 7.67. The van der Waals surface area contributed by atoms with Gasteiger partial charge >= 0.3 is 0 Å². The molecule has 0 heterocycles. The molecule has 0 radical (unpaired) electrons. The van der Waals surface area contributed by atoms with Crippen LogP contribution in [0, 0.1) is 23.4 Å². The Kier molecular flexibility index (Phi) is 8.01. The van der Waals surface area contributed by atoms with Crippen molar-refractivity contribution in [3.05, 3.63) is 70.5 Å². The van der Waals surface area contributed by atoms with Crippen LogP contribution >= 0.6 is 11.6 Å². The fraction of sp³-hybridized carbons (Fsp3) is 0.448. The van der Waals surface area contributed by atoms with Crippen LogP contribution in [0.2, 0.25) is 5.02 Å². The summed E-state index contributed by atoms with van der Waals surface area (Å²) >= 11 is 5.57. The quantitative estimate of drug-likeness (QED) is 0.226. The second-order valence-electron chi connectivity index (χ2n) is 9.58. The van der Waals surface area contributed by atoms with E-state index in [9.17, 15) is 8.78 Å². The molecule has 0 aliphatic heterocycles. The average Bonchev–Trinajstić information content (AvgIpc) is 2.82. The molecule has 1 aliphatic rings. The number of benzene rings is 3. The molecule has 1 fully saturated rings. The van der Waals surface area contributed by atoms with Gasteiger partial charge in [0, 0.05) is 10.9 Å². The minimum atomic E-state index is -0.891. The minimum Gasteiger partial charge on any atom is -0.206 e. The summed E-state index contributed by atoms with van der Waals surface area (Å²) in [5.74, 6) is -0.875. The minimum absolute atomic E-state index is 0.144. The largest absolute Gasteiger partial charge is 0.206 e. The van der Waals surface area contributed by atoms with Crippen molar-refractivity contribution in [1.82, 2.24) is 0 Å². The normalized spacial score (nSPS) is 18.7. The first-order valence-electron chi connectivity index (χ1n) is 12.3. The second kappa shape index (κ2) is 11.0. The predicted octanol–water partition coefficient (Wildman–Crippen LogP) is 10.2. The highest BCUT2D eigenvalue weighted by Crippen LogP contribution is 2.39. The lowest BCUT2D eigenvalue weighted by molar-refractivity contribution is 0.302. The van der Waals surface area contributed by atoms with Crippen molar-refractivity contribution in [2.24, 2.45) is 5.92 Å². The highest BCUT2D eigenvalue weighted by atomic mass is 35.5. The Morgan fingerprint density at radius 1 is 0.818 bits per heavy atom. The van der Waals surface area contributed by atoms with Crippen LogP contribution in [0.25, 0.3) is 21.9 Å². The first-order valence-corrected chi connectivity index (χ1v) is 12.7. The Morgan fingerprint density at radius 2 is 1.52 bits per heavy atom. The van der Waals surface area contributed by atoms with Gasteiger partial charge in [-0.1, -0.05) is 87.4 Å². The summed E-state index contributed by atoms with van der Waals surface area (Å²) < 4.78 is 43.0. The van der Waals surface area contributed by atoms with Crippen molar-refractivity contribution >= 4 is 22.4 Å². The summed E-state index contributed by atoms with van der Waals surface area (Å²) in [7, 11) is 0. The molecule has 1 aliphatic carbocycles. The SMILES string of the molecule is CCCCCCC[C@H]1CC[C@H](c2ccc3c(F)c(-c4cc(F)c(Cl)c(F)c4)ccc3c2)CC1. The fourth-order valence-corrected chi connectivity index (χ4v) is 5.43. The molecule has 0 spiro atoms. The Morgan fingerprint density at radius 3 is 2.21 bits per heavy atom. The fourth-order valence-electron chi connectivity index (χ4n) is 5.32. The van der Waals surface area contributed by atoms with Gasteiger partial charge < -0.3 is 0 Å². The molecule has 4 rings (SSSR count). The maximum absolute atomic E-state index is 15.3. The van der Waals surface area contributed by atoms with Crippen molar-refractivity contribution in [1.29, 1.82) is 0 Å². The van der Waals surface area contributed by atoms with Gasteiger partial charge in [0.15, 0.2) is 0 Å². The van der Waals surface area contributed by atoms with Gasteiger partial charge in [-0.25, -0.2) is 13.2 Å². The molecule has 0 N–H and O–H groups in total. The lowest BCUT2D eigenvalue weighted by atomic mass is 9.76. The number of fused-ring (bicyclic) bond motifs is 1. The number of hydrogen-bond acceptors (Lipinski definition) is 0. The Balaban J connectivity index is 1.45. The molecule has 0 amide bonds. The van der Waals surface area contributed by atoms with Crippen LogP contribution in [0.1, 0.15) is 82.6 Å². The Hall–Kier alpha value is -2.00. The lowest BCUT2D eigenvalue weighted by Gasteiger charge is -2.29. The van der Waals surface area contributed by atoms with E-state index < -0.39 is 22.5 Å². The second-order valence-corrected chi connectivity index (χ2v) is 9.96. The highest BCUT2D eigenvalue weighted by Gasteiger charge is 2.23. The van der Waals surface area contributed by atoms with Crippen LogP contribution in [0.15, 0.2) is 42.5 Å². The Bertz CT molecular complexity index is 1080. The maximum Gasteiger partial charge on any atom is 0.145 e. The van der Waals surface area contributed by atoms with Crippen molar-refractivity contribution in [2.75, 3.05) is 0 Å². The van der Waals surface area contributed by atoms with E-state index in [4.69, 9.17) is 11.6 Å². The maximum atomic E-state index is 15.3. The van der Waals surface area contributed by atoms with E-state index in [-0.39, 0.29) is 11.1 Å². The van der Waals surface area contributed by atoms with Gasteiger partial charge in [0.1, 0.15) is 22.5 Å². The number of rotatable bonds is 8. The molecule has 176 valence electrons. The molecule has 0 unspecified atom stereocenters. The highest BCUT2D eigenvalue weighted by molar-refractivity contribution is 6.31. The molecular formula is C29H32ClF3. The average molecular weight is 473 g/mol. The molecule has 3 aromatic carbocycles. The third-order valence-electron chi connectivity index (χ3n) is 7.31. The standard InChI is InChI=1S/C29H32ClF3/c1-2-3-4-5-6-7-19-8-10-20(11-9-19)21-12-14-24-22(16-21)13-15-25(29(24)33)23-17-26(31)28(30)27(32)18-23/h12-20H,2-11H2,1H3/t19-,20-. The van der Waals surface area contributed by atoms with Gasteiger partial charge in [0.2, 0.25) is 0 Å². The van der Waals surface area contributed by atoms with Gasteiger partial charge in [-0.3, -0.25) is 0 Å². The third kappa shape index (κ3) is 5.57. The summed E-state index contributed by atoms with van der Waals surface area (Å²) in [4.78, 5) is 0. The number of halogens is 4. The molecule has 0 nitrogen and oxygen atoms in total. The molecule has 3 aromatic rings. The van der Waals surface area contributed by atoms with Gasteiger partial charge in [-0.05, 0) is 66.2 Å². The summed E-state index contributed by atoms with van der Waals surface area (Å²) in [6, 6.07) is 11.5. The van der Waals surface area contributed by atoms with Crippen molar-refractivity contribution in [3.8, 4) is 11.1 Å². The summed E-state index contributed by atoms with van der Waals surface area (Å²) in [6.45, 7) is 2.25. The summed E-state index contributed by atoms with van der Waals surface area (Å²) in [6.07, 6.45) is 13.0. The van der Waals surface area contributed by atoms with Gasteiger partial charge in [-0.2, -0.15) is 0 Å². The van der Waals surface area contributed by atoms with Crippen LogP contribution in [-0.2, 0) is 0 Å². The molecule has 1 saturated carbocycles. The van der Waals surface area contributed by atoms with E-state index in [0.717, 1.165) is 23.4 Å². The first kappa shape index (κ1) is 24.1. The number of hydrogen-bond donors (Lipinski definition) is 0. The zero-order chi connectivity index (χ0) is 23.4. The van der Waals surface area contributed by atoms with E-state index in [1.807, 2.05) is 18.2 Å². The molecule has 0 atom stereocenters. The number of unbranched alkanes of at least 4 members (excludes halogenated alkanes) is 4. The van der Waals surface area contributed by atoms with Crippen LogP contribution in [0.5, 0.6) is 0 Å². The molecular weight excluding hydrogens is 441 g/mol. The van der Waals surface area contributed by atoms with Crippen LogP contribution in [0.3, 0.4) is 0 Å². The van der Waals surface area contributed by atoms with E-state index in [1.54, 1.807) is 6.07 Å². The zero-order valence-electron chi connectivity index (χ0n) is 19.3. The van der Waals surface area contributed by atoms with Gasteiger partial charge in [-0.15, -0.1) is 0 Å². The first-order chi connectivity index (χ1) is 16.0. The van der Waals surface area contributed by atoms with Crippen molar-refractivity contribution in [2.45, 2.75) is 77.0 Å². The van der Waals surface area contributed by atoms with Gasteiger partial charge in [0.25, 0.3) is 0 Å². The smallest absolute Gasteiger partial charge is 0.145 e. The van der Waals surface area contributed by atoms with Crippen LogP contribution in [-0.4, -0.2) is 0 Å². The van der Waals surface area contributed by atoms with E-state index in [1.165, 1.54) is 69.8 Å². The molecule has 4 heteroatoms. The lowest BCUT2D eigenvalue weighted by Crippen LogP contribution is -2.13. The predicted molar refractivity (Wildman–Crippen MR) is 132 cm³/mol. The van der Waals surface area contributed by atoms with Crippen molar-refractivity contribution in [3.63, 3.8) is 0 Å². The topological polar surface area (TPSA) is 0 Å².